The lowest BCUT2D eigenvalue weighted by molar-refractivity contribution is 0.106. The Labute approximate surface area is 131 Å². The van der Waals surface area contributed by atoms with E-state index in [0.29, 0.717) is 6.54 Å². The van der Waals surface area contributed by atoms with Crippen molar-refractivity contribution in [1.29, 1.82) is 0 Å². The molecule has 0 radical (unpaired) electrons. The summed E-state index contributed by atoms with van der Waals surface area (Å²) in [5.41, 5.74) is 3.28. The first kappa shape index (κ1) is 15.2. The van der Waals surface area contributed by atoms with E-state index in [2.05, 4.69) is 4.90 Å². The molecule has 2 atom stereocenters. The quantitative estimate of drug-likeness (QED) is 0.922. The largest absolute Gasteiger partial charge is 0.387 e. The molecule has 2 aromatic rings. The molecule has 3 heteroatoms. The van der Waals surface area contributed by atoms with Gasteiger partial charge in [-0.1, -0.05) is 42.0 Å². The summed E-state index contributed by atoms with van der Waals surface area (Å²) >= 11 is 0. The first-order chi connectivity index (χ1) is 10.6. The number of aryl methyl sites for hydroxylation is 1. The second-order valence-corrected chi connectivity index (χ2v) is 6.13. The standard InChI is InChI=1S/C19H22FNO/c1-14-4-6-16(7-5-14)19(22)13-21-12-2-3-18(21)15-8-10-17(20)11-9-15/h4-11,18-19,22H,2-3,12-13H2,1H3/t18-,19-/m1/s1. The Hall–Kier alpha value is -1.71. The molecular weight excluding hydrogens is 277 g/mol. The number of β-amino-alcohol motifs (C(OH)–C–C–N with tert-alkyl or cyclic N) is 1. The van der Waals surface area contributed by atoms with Crippen LogP contribution in [0, 0.1) is 12.7 Å². The Morgan fingerprint density at radius 3 is 2.50 bits per heavy atom. The molecule has 0 unspecified atom stereocenters. The molecule has 22 heavy (non-hydrogen) atoms. The zero-order valence-corrected chi connectivity index (χ0v) is 12.9. The molecule has 0 saturated carbocycles. The minimum atomic E-state index is -0.485. The van der Waals surface area contributed by atoms with Crippen LogP contribution in [0.1, 0.15) is 41.7 Å². The van der Waals surface area contributed by atoms with Crippen LogP contribution < -0.4 is 0 Å². The van der Waals surface area contributed by atoms with Crippen molar-refractivity contribution in [1.82, 2.24) is 4.90 Å². The Morgan fingerprint density at radius 2 is 1.82 bits per heavy atom. The number of rotatable bonds is 4. The zero-order chi connectivity index (χ0) is 15.5. The van der Waals surface area contributed by atoms with E-state index in [4.69, 9.17) is 0 Å². The van der Waals surface area contributed by atoms with Gasteiger partial charge in [0.05, 0.1) is 6.10 Å². The molecule has 2 nitrogen and oxygen atoms in total. The minimum absolute atomic E-state index is 0.201. The van der Waals surface area contributed by atoms with Crippen molar-refractivity contribution < 1.29 is 9.50 Å². The fraction of sp³-hybridized carbons (Fsp3) is 0.368. The zero-order valence-electron chi connectivity index (χ0n) is 12.9. The molecule has 0 amide bonds. The Bertz CT molecular complexity index is 608. The lowest BCUT2D eigenvalue weighted by Crippen LogP contribution is -2.28. The number of hydrogen-bond donors (Lipinski definition) is 1. The normalized spacial score (nSPS) is 20.2. The van der Waals surface area contributed by atoms with Crippen molar-refractivity contribution in [3.63, 3.8) is 0 Å². The van der Waals surface area contributed by atoms with Gasteiger partial charge in [0.2, 0.25) is 0 Å². The van der Waals surface area contributed by atoms with Crippen LogP contribution in [0.25, 0.3) is 0 Å². The lowest BCUT2D eigenvalue weighted by atomic mass is 10.0. The van der Waals surface area contributed by atoms with Crippen molar-refractivity contribution in [2.75, 3.05) is 13.1 Å². The van der Waals surface area contributed by atoms with E-state index in [1.54, 1.807) is 0 Å². The first-order valence-electron chi connectivity index (χ1n) is 7.87. The summed E-state index contributed by atoms with van der Waals surface area (Å²) < 4.78 is 13.1. The molecule has 1 fully saturated rings. The second-order valence-electron chi connectivity index (χ2n) is 6.13. The average molecular weight is 299 g/mol. The van der Waals surface area contributed by atoms with E-state index in [0.717, 1.165) is 30.5 Å². The highest BCUT2D eigenvalue weighted by atomic mass is 19.1. The third-order valence-corrected chi connectivity index (χ3v) is 4.49. The smallest absolute Gasteiger partial charge is 0.123 e. The summed E-state index contributed by atoms with van der Waals surface area (Å²) in [6.07, 6.45) is 1.69. The number of halogens is 1. The van der Waals surface area contributed by atoms with Crippen LogP contribution in [0.15, 0.2) is 48.5 Å². The lowest BCUT2D eigenvalue weighted by Gasteiger charge is -2.27. The van der Waals surface area contributed by atoms with Crippen LogP contribution in [0.2, 0.25) is 0 Å². The maximum absolute atomic E-state index is 13.1. The molecule has 1 aliphatic rings. The van der Waals surface area contributed by atoms with Crippen LogP contribution in [-0.2, 0) is 0 Å². The highest BCUT2D eigenvalue weighted by Crippen LogP contribution is 2.33. The van der Waals surface area contributed by atoms with Gasteiger partial charge in [-0.15, -0.1) is 0 Å². The topological polar surface area (TPSA) is 23.5 Å². The summed E-state index contributed by atoms with van der Waals surface area (Å²) in [5, 5.41) is 10.5. The molecule has 1 aliphatic heterocycles. The van der Waals surface area contributed by atoms with E-state index in [1.807, 2.05) is 43.3 Å². The van der Waals surface area contributed by atoms with Crippen LogP contribution in [-0.4, -0.2) is 23.1 Å². The van der Waals surface area contributed by atoms with Crippen LogP contribution in [0.3, 0.4) is 0 Å². The molecule has 1 N–H and O–H groups in total. The number of aliphatic hydroxyl groups excluding tert-OH is 1. The summed E-state index contributed by atoms with van der Waals surface area (Å²) in [5.74, 6) is -0.201. The maximum Gasteiger partial charge on any atom is 0.123 e. The van der Waals surface area contributed by atoms with E-state index >= 15 is 0 Å². The molecular formula is C19H22FNO. The minimum Gasteiger partial charge on any atom is -0.387 e. The number of likely N-dealkylation sites (tertiary alicyclic amines) is 1. The second kappa shape index (κ2) is 6.59. The SMILES string of the molecule is Cc1ccc([C@H](O)CN2CCC[C@@H]2c2ccc(F)cc2)cc1. The molecule has 2 aromatic carbocycles. The van der Waals surface area contributed by atoms with Crippen LogP contribution >= 0.6 is 0 Å². The van der Waals surface area contributed by atoms with Gasteiger partial charge in [-0.3, -0.25) is 4.90 Å². The predicted molar refractivity (Wildman–Crippen MR) is 86.1 cm³/mol. The van der Waals surface area contributed by atoms with Gasteiger partial charge < -0.3 is 5.11 Å². The van der Waals surface area contributed by atoms with Crippen LogP contribution in [0.4, 0.5) is 4.39 Å². The van der Waals surface area contributed by atoms with E-state index in [-0.39, 0.29) is 11.9 Å². The van der Waals surface area contributed by atoms with Crippen LogP contribution in [0.5, 0.6) is 0 Å². The summed E-state index contributed by atoms with van der Waals surface area (Å²) in [7, 11) is 0. The fourth-order valence-electron chi connectivity index (χ4n) is 3.22. The number of hydrogen-bond acceptors (Lipinski definition) is 2. The third kappa shape index (κ3) is 3.37. The highest BCUT2D eigenvalue weighted by Gasteiger charge is 2.27. The molecule has 0 aromatic heterocycles. The molecule has 0 spiro atoms. The molecule has 0 aliphatic carbocycles. The van der Waals surface area contributed by atoms with Crippen molar-refractivity contribution >= 4 is 0 Å². The first-order valence-corrected chi connectivity index (χ1v) is 7.87. The Kier molecular flexibility index (Phi) is 4.55. The number of aliphatic hydroxyl groups is 1. The van der Waals surface area contributed by atoms with Crippen molar-refractivity contribution in [2.45, 2.75) is 31.9 Å². The summed E-state index contributed by atoms with van der Waals surface area (Å²) in [4.78, 5) is 2.30. The van der Waals surface area contributed by atoms with Gasteiger partial charge in [-0.05, 0) is 49.6 Å². The predicted octanol–water partition coefficient (Wildman–Crippen LogP) is 4.00. The van der Waals surface area contributed by atoms with Gasteiger partial charge in [-0.2, -0.15) is 0 Å². The Morgan fingerprint density at radius 1 is 1.14 bits per heavy atom. The van der Waals surface area contributed by atoms with Gasteiger partial charge >= 0.3 is 0 Å². The fourth-order valence-corrected chi connectivity index (χ4v) is 3.22. The van der Waals surface area contributed by atoms with E-state index in [1.165, 1.54) is 17.7 Å². The van der Waals surface area contributed by atoms with Gasteiger partial charge in [0.25, 0.3) is 0 Å². The van der Waals surface area contributed by atoms with Gasteiger partial charge in [0, 0.05) is 12.6 Å². The Balaban J connectivity index is 1.70. The third-order valence-electron chi connectivity index (χ3n) is 4.49. The van der Waals surface area contributed by atoms with Crippen molar-refractivity contribution in [3.05, 3.63) is 71.0 Å². The molecule has 3 rings (SSSR count). The maximum atomic E-state index is 13.1. The van der Waals surface area contributed by atoms with E-state index < -0.39 is 6.10 Å². The molecule has 116 valence electrons. The average Bonchev–Trinajstić information content (AvgIpc) is 2.97. The molecule has 0 bridgehead atoms. The van der Waals surface area contributed by atoms with Crippen molar-refractivity contribution in [3.8, 4) is 0 Å². The number of benzene rings is 2. The highest BCUT2D eigenvalue weighted by molar-refractivity contribution is 5.24. The van der Waals surface area contributed by atoms with Gasteiger partial charge in [0.15, 0.2) is 0 Å². The van der Waals surface area contributed by atoms with E-state index in [9.17, 15) is 9.50 Å². The summed E-state index contributed by atoms with van der Waals surface area (Å²) in [6, 6.07) is 15.1. The monoisotopic (exact) mass is 299 g/mol. The molecule has 1 heterocycles. The number of nitrogens with zero attached hydrogens (tertiary/aromatic N) is 1. The van der Waals surface area contributed by atoms with Crippen molar-refractivity contribution in [2.24, 2.45) is 0 Å². The van der Waals surface area contributed by atoms with Gasteiger partial charge in [0.1, 0.15) is 5.82 Å². The summed E-state index contributed by atoms with van der Waals surface area (Å²) in [6.45, 7) is 3.64. The molecule has 1 saturated heterocycles. The van der Waals surface area contributed by atoms with Gasteiger partial charge in [-0.25, -0.2) is 4.39 Å².